The van der Waals surface area contributed by atoms with Crippen LogP contribution in [0.2, 0.25) is 0 Å². The number of imidazole rings is 2. The molecule has 0 atom stereocenters. The Kier molecular flexibility index (Phi) is 3.25. The largest absolute Gasteiger partial charge is 0.369 e. The van der Waals surface area contributed by atoms with Crippen molar-refractivity contribution in [1.29, 1.82) is 0 Å². The van der Waals surface area contributed by atoms with E-state index in [0.29, 0.717) is 11.2 Å². The summed E-state index contributed by atoms with van der Waals surface area (Å²) < 4.78 is 1.60. The molecule has 0 fully saturated rings. The van der Waals surface area contributed by atoms with Crippen LogP contribution in [0, 0.1) is 0 Å². The Morgan fingerprint density at radius 3 is 2.65 bits per heavy atom. The van der Waals surface area contributed by atoms with E-state index < -0.39 is 11.2 Å². The number of rotatable bonds is 0. The molecule has 0 aliphatic rings. The van der Waals surface area contributed by atoms with Gasteiger partial charge in [-0.2, -0.15) is 4.98 Å². The van der Waals surface area contributed by atoms with Gasteiger partial charge in [-0.15, -0.1) is 0 Å². The summed E-state index contributed by atoms with van der Waals surface area (Å²) in [6.07, 6.45) is 2.86. The lowest BCUT2D eigenvalue weighted by atomic mass is 10.5. The van der Waals surface area contributed by atoms with Crippen LogP contribution in [0.5, 0.6) is 0 Å². The second kappa shape index (κ2) is 5.25. The summed E-state index contributed by atoms with van der Waals surface area (Å²) in [5.41, 5.74) is 5.41. The Balaban J connectivity index is 0.000000136. The summed E-state index contributed by atoms with van der Waals surface area (Å²) in [7, 11) is 1.72. The molecule has 0 saturated carbocycles. The molecule has 4 aromatic heterocycles. The van der Waals surface area contributed by atoms with Gasteiger partial charge in [-0.05, 0) is 0 Å². The Morgan fingerprint density at radius 1 is 1.09 bits per heavy atom. The van der Waals surface area contributed by atoms with Crippen LogP contribution in [-0.4, -0.2) is 39.5 Å². The van der Waals surface area contributed by atoms with E-state index in [2.05, 4.69) is 34.9 Å². The first-order valence-corrected chi connectivity index (χ1v) is 6.28. The second-order valence-electron chi connectivity index (χ2n) is 4.51. The maximum atomic E-state index is 11.2. The van der Waals surface area contributed by atoms with Gasteiger partial charge in [0.25, 0.3) is 11.1 Å². The van der Waals surface area contributed by atoms with Gasteiger partial charge in [-0.25, -0.2) is 14.8 Å². The quantitative estimate of drug-likeness (QED) is 0.252. The van der Waals surface area contributed by atoms with Crippen LogP contribution in [0.3, 0.4) is 0 Å². The summed E-state index contributed by atoms with van der Waals surface area (Å²) >= 11 is 0. The summed E-state index contributed by atoms with van der Waals surface area (Å²) in [5.74, 6) is 0.0891. The van der Waals surface area contributed by atoms with Crippen molar-refractivity contribution < 1.29 is 0 Å². The van der Waals surface area contributed by atoms with E-state index in [4.69, 9.17) is 5.73 Å². The minimum atomic E-state index is -0.547. The number of nitrogens with two attached hydrogens (primary N) is 1. The smallest absolute Gasteiger partial charge is 0.327 e. The van der Waals surface area contributed by atoms with Crippen LogP contribution >= 0.6 is 0 Å². The molecule has 0 saturated heterocycles. The number of fused-ring (bicyclic) bond motifs is 2. The molecule has 0 spiro atoms. The number of hydrogen-bond donors (Lipinski definition) is 5. The van der Waals surface area contributed by atoms with Gasteiger partial charge >= 0.3 is 5.69 Å². The fraction of sp³-hybridized carbons (Fsp3) is 0.0909. The van der Waals surface area contributed by atoms with Gasteiger partial charge in [0.2, 0.25) is 5.95 Å². The predicted octanol–water partition coefficient (Wildman–Crippen LogP) is -1.82. The van der Waals surface area contributed by atoms with Crippen molar-refractivity contribution in [3.8, 4) is 0 Å². The molecule has 118 valence electrons. The van der Waals surface area contributed by atoms with E-state index >= 15 is 0 Å². The van der Waals surface area contributed by atoms with Crippen molar-refractivity contribution in [3.05, 3.63) is 43.8 Å². The number of aromatic amines is 4. The third-order valence-electron chi connectivity index (χ3n) is 2.93. The molecule has 0 unspecified atom stereocenters. The second-order valence-corrected chi connectivity index (χ2v) is 4.51. The first-order valence-electron chi connectivity index (χ1n) is 6.28. The SMILES string of the molecule is Cn1cnc2nc(N)[nH]c(=O)c21.O=c1[nH]c(=O)c2[nH]cnc2[nH]1. The van der Waals surface area contributed by atoms with E-state index in [0.717, 1.165) is 0 Å². The lowest BCUT2D eigenvalue weighted by Crippen LogP contribution is -2.21. The Hall–Kier alpha value is -3.70. The topological polar surface area (TPSA) is 184 Å². The van der Waals surface area contributed by atoms with E-state index in [1.54, 1.807) is 11.6 Å². The maximum absolute atomic E-state index is 11.2. The molecule has 0 aromatic carbocycles. The third kappa shape index (κ3) is 2.59. The molecular weight excluding hydrogens is 306 g/mol. The lowest BCUT2D eigenvalue weighted by molar-refractivity contribution is 0.939. The van der Waals surface area contributed by atoms with Crippen molar-refractivity contribution in [2.45, 2.75) is 0 Å². The fourth-order valence-corrected chi connectivity index (χ4v) is 1.95. The summed E-state index contributed by atoms with van der Waals surface area (Å²) in [4.78, 5) is 53.6. The Labute approximate surface area is 125 Å². The number of nitrogens with zero attached hydrogens (tertiary/aromatic N) is 4. The van der Waals surface area contributed by atoms with E-state index in [-0.39, 0.29) is 22.7 Å². The van der Waals surface area contributed by atoms with Crippen molar-refractivity contribution >= 4 is 28.3 Å². The minimum absolute atomic E-state index is 0.0891. The van der Waals surface area contributed by atoms with Gasteiger partial charge in [-0.1, -0.05) is 0 Å². The Bertz CT molecular complexity index is 1160. The molecule has 12 heteroatoms. The highest BCUT2D eigenvalue weighted by molar-refractivity contribution is 5.70. The number of H-pyrrole nitrogens is 4. The number of nitrogens with one attached hydrogen (secondary N) is 4. The van der Waals surface area contributed by atoms with Gasteiger partial charge in [0.15, 0.2) is 16.8 Å². The minimum Gasteiger partial charge on any atom is -0.369 e. The van der Waals surface area contributed by atoms with Crippen LogP contribution in [0.1, 0.15) is 0 Å². The molecule has 6 N–H and O–H groups in total. The molecule has 0 aliphatic heterocycles. The van der Waals surface area contributed by atoms with E-state index in [1.165, 1.54) is 12.7 Å². The maximum Gasteiger partial charge on any atom is 0.327 e. The molecule has 0 amide bonds. The van der Waals surface area contributed by atoms with Gasteiger partial charge in [0.1, 0.15) is 5.52 Å². The van der Waals surface area contributed by atoms with Gasteiger partial charge < -0.3 is 15.3 Å². The number of aromatic nitrogens is 8. The first kappa shape index (κ1) is 14.2. The highest BCUT2D eigenvalue weighted by Crippen LogP contribution is 2.02. The molecule has 4 rings (SSSR count). The third-order valence-corrected chi connectivity index (χ3v) is 2.93. The molecule has 0 aliphatic carbocycles. The number of nitrogen functional groups attached to an aromatic ring is 1. The van der Waals surface area contributed by atoms with Gasteiger partial charge in [-0.3, -0.25) is 24.5 Å². The fourth-order valence-electron chi connectivity index (χ4n) is 1.95. The highest BCUT2D eigenvalue weighted by Gasteiger charge is 2.05. The number of hydrogen-bond acceptors (Lipinski definition) is 7. The van der Waals surface area contributed by atoms with E-state index in [9.17, 15) is 14.4 Å². The summed E-state index contributed by atoms with van der Waals surface area (Å²) in [5, 5.41) is 0. The lowest BCUT2D eigenvalue weighted by Gasteiger charge is -1.93. The van der Waals surface area contributed by atoms with E-state index in [1.807, 2.05) is 0 Å². The van der Waals surface area contributed by atoms with Crippen molar-refractivity contribution in [3.63, 3.8) is 0 Å². The van der Waals surface area contributed by atoms with Gasteiger partial charge in [0, 0.05) is 7.05 Å². The Morgan fingerprint density at radius 2 is 1.87 bits per heavy atom. The van der Waals surface area contributed by atoms with Crippen molar-refractivity contribution in [1.82, 2.24) is 39.5 Å². The van der Waals surface area contributed by atoms with Crippen LogP contribution in [0.15, 0.2) is 27.0 Å². The van der Waals surface area contributed by atoms with Crippen LogP contribution in [-0.2, 0) is 7.05 Å². The van der Waals surface area contributed by atoms with Crippen LogP contribution in [0.25, 0.3) is 22.3 Å². The van der Waals surface area contributed by atoms with Gasteiger partial charge in [0.05, 0.1) is 12.7 Å². The standard InChI is InChI=1S/C6H7N5O.C5H4N4O2/c1-11-2-8-4-3(11)5(12)10-6(7)9-4;10-4-2-3(7-1-6-2)8-5(11)9-4/h2H,1H3,(H3,7,9,10,12);1H,(H3,6,7,8,9,10,11). The molecule has 4 heterocycles. The molecule has 4 aromatic rings. The molecule has 0 radical (unpaired) electrons. The van der Waals surface area contributed by atoms with Crippen molar-refractivity contribution in [2.24, 2.45) is 7.05 Å². The molecule has 12 nitrogen and oxygen atoms in total. The van der Waals surface area contributed by atoms with Crippen molar-refractivity contribution in [2.75, 3.05) is 5.73 Å². The molecule has 23 heavy (non-hydrogen) atoms. The predicted molar refractivity (Wildman–Crippen MR) is 80.9 cm³/mol. The average molecular weight is 317 g/mol. The first-order chi connectivity index (χ1) is 11.0. The zero-order valence-corrected chi connectivity index (χ0v) is 11.7. The molecular formula is C11H11N9O3. The zero-order chi connectivity index (χ0) is 16.6. The highest BCUT2D eigenvalue weighted by atomic mass is 16.2. The number of anilines is 1. The zero-order valence-electron chi connectivity index (χ0n) is 11.7. The number of aryl methyl sites for hydroxylation is 1. The average Bonchev–Trinajstić information content (AvgIpc) is 3.06. The summed E-state index contributed by atoms with van der Waals surface area (Å²) in [6, 6.07) is 0. The summed E-state index contributed by atoms with van der Waals surface area (Å²) in [6.45, 7) is 0. The molecule has 0 bridgehead atoms. The van der Waals surface area contributed by atoms with Crippen LogP contribution < -0.4 is 22.5 Å². The monoisotopic (exact) mass is 317 g/mol. The van der Waals surface area contributed by atoms with Crippen LogP contribution in [0.4, 0.5) is 5.95 Å². The normalized spacial score (nSPS) is 10.7.